The van der Waals surface area contributed by atoms with Crippen LogP contribution in [0.3, 0.4) is 0 Å². The van der Waals surface area contributed by atoms with Crippen LogP contribution in [0.4, 0.5) is 0 Å². The summed E-state index contributed by atoms with van der Waals surface area (Å²) in [5.74, 6) is 0.974. The summed E-state index contributed by atoms with van der Waals surface area (Å²) in [5, 5.41) is 3.77. The highest BCUT2D eigenvalue weighted by Crippen LogP contribution is 2.36. The molecule has 0 bridgehead atoms. The van der Waals surface area contributed by atoms with E-state index in [-0.39, 0.29) is 12.4 Å². The van der Waals surface area contributed by atoms with Gasteiger partial charge in [-0.15, -0.1) is 12.4 Å². The van der Waals surface area contributed by atoms with Crippen LogP contribution in [-0.2, 0) is 0 Å². The molecule has 2 aliphatic rings. The van der Waals surface area contributed by atoms with E-state index in [0.717, 1.165) is 5.92 Å². The van der Waals surface area contributed by atoms with E-state index in [4.69, 9.17) is 0 Å². The van der Waals surface area contributed by atoms with E-state index in [2.05, 4.69) is 12.2 Å². The van der Waals surface area contributed by atoms with Crippen molar-refractivity contribution in [2.24, 2.45) is 5.92 Å². The standard InChI is InChI=1S/C12H23N.ClH/c1-12(9-5-6-10-13-12)11-7-3-2-4-8-11;/h11,13H,2-10H2,1H3;1H. The zero-order valence-corrected chi connectivity index (χ0v) is 10.2. The van der Waals surface area contributed by atoms with Gasteiger partial charge in [0.15, 0.2) is 0 Å². The van der Waals surface area contributed by atoms with Gasteiger partial charge in [0.2, 0.25) is 0 Å². The summed E-state index contributed by atoms with van der Waals surface area (Å²) in [6, 6.07) is 0. The maximum absolute atomic E-state index is 3.77. The van der Waals surface area contributed by atoms with Crippen molar-refractivity contribution in [1.82, 2.24) is 5.32 Å². The van der Waals surface area contributed by atoms with Crippen molar-refractivity contribution < 1.29 is 0 Å². The lowest BCUT2D eigenvalue weighted by atomic mass is 9.72. The van der Waals surface area contributed by atoms with E-state index in [1.54, 1.807) is 0 Å². The monoisotopic (exact) mass is 217 g/mol. The van der Waals surface area contributed by atoms with Crippen molar-refractivity contribution in [1.29, 1.82) is 0 Å². The van der Waals surface area contributed by atoms with Crippen LogP contribution in [0.5, 0.6) is 0 Å². The second-order valence-corrected chi connectivity index (χ2v) is 5.14. The van der Waals surface area contributed by atoms with Gasteiger partial charge in [0.25, 0.3) is 0 Å². The van der Waals surface area contributed by atoms with E-state index in [1.807, 2.05) is 0 Å². The maximum atomic E-state index is 3.77. The molecular formula is C12H24ClN. The van der Waals surface area contributed by atoms with Gasteiger partial charge in [-0.3, -0.25) is 0 Å². The van der Waals surface area contributed by atoms with Crippen LogP contribution in [0.1, 0.15) is 58.3 Å². The summed E-state index contributed by atoms with van der Waals surface area (Å²) in [6.07, 6.45) is 11.6. The Hall–Kier alpha value is 0.250. The average Bonchev–Trinajstić information content (AvgIpc) is 2.20. The third kappa shape index (κ3) is 2.64. The Kier molecular flexibility index (Phi) is 4.72. The lowest BCUT2D eigenvalue weighted by Crippen LogP contribution is -2.52. The van der Waals surface area contributed by atoms with Crippen LogP contribution in [0.25, 0.3) is 0 Å². The van der Waals surface area contributed by atoms with Crippen molar-refractivity contribution >= 4 is 12.4 Å². The van der Waals surface area contributed by atoms with Gasteiger partial charge in [-0.1, -0.05) is 25.7 Å². The molecule has 2 heteroatoms. The largest absolute Gasteiger partial charge is 0.311 e. The van der Waals surface area contributed by atoms with Crippen molar-refractivity contribution in [2.75, 3.05) is 6.54 Å². The Morgan fingerprint density at radius 2 is 1.71 bits per heavy atom. The number of nitrogens with one attached hydrogen (secondary N) is 1. The topological polar surface area (TPSA) is 12.0 Å². The fraction of sp³-hybridized carbons (Fsp3) is 1.00. The molecule has 1 unspecified atom stereocenters. The minimum atomic E-state index is 0. The minimum Gasteiger partial charge on any atom is -0.311 e. The van der Waals surface area contributed by atoms with Crippen LogP contribution in [0.2, 0.25) is 0 Å². The molecule has 84 valence electrons. The van der Waals surface area contributed by atoms with Crippen LogP contribution in [-0.4, -0.2) is 12.1 Å². The summed E-state index contributed by atoms with van der Waals surface area (Å²) in [7, 11) is 0. The Balaban J connectivity index is 0.000000980. The van der Waals surface area contributed by atoms with Gasteiger partial charge < -0.3 is 5.32 Å². The van der Waals surface area contributed by atoms with Crippen molar-refractivity contribution in [2.45, 2.75) is 63.8 Å². The van der Waals surface area contributed by atoms with Gasteiger partial charge in [0, 0.05) is 5.54 Å². The highest BCUT2D eigenvalue weighted by atomic mass is 35.5. The molecule has 0 amide bonds. The molecule has 1 aliphatic heterocycles. The molecule has 0 aromatic rings. The summed E-state index contributed by atoms with van der Waals surface area (Å²) in [4.78, 5) is 0. The van der Waals surface area contributed by atoms with Crippen molar-refractivity contribution in [3.05, 3.63) is 0 Å². The molecule has 0 aromatic heterocycles. The van der Waals surface area contributed by atoms with E-state index in [1.165, 1.54) is 57.9 Å². The summed E-state index contributed by atoms with van der Waals surface area (Å²) < 4.78 is 0. The quantitative estimate of drug-likeness (QED) is 0.709. The van der Waals surface area contributed by atoms with Crippen molar-refractivity contribution in [3.63, 3.8) is 0 Å². The number of halogens is 1. The molecule has 0 spiro atoms. The van der Waals surface area contributed by atoms with Gasteiger partial charge in [-0.25, -0.2) is 0 Å². The van der Waals surface area contributed by atoms with Gasteiger partial charge in [-0.2, -0.15) is 0 Å². The first-order valence-corrected chi connectivity index (χ1v) is 6.06. The second-order valence-electron chi connectivity index (χ2n) is 5.14. The average molecular weight is 218 g/mol. The first-order chi connectivity index (χ1) is 6.31. The molecule has 0 radical (unpaired) electrons. The van der Waals surface area contributed by atoms with E-state index in [9.17, 15) is 0 Å². The number of rotatable bonds is 1. The molecule has 14 heavy (non-hydrogen) atoms. The molecule has 2 fully saturated rings. The third-order valence-corrected chi connectivity index (χ3v) is 4.16. The lowest BCUT2D eigenvalue weighted by Gasteiger charge is -2.43. The van der Waals surface area contributed by atoms with Gasteiger partial charge in [0.05, 0.1) is 0 Å². The summed E-state index contributed by atoms with van der Waals surface area (Å²) in [6.45, 7) is 3.72. The number of piperidine rings is 1. The lowest BCUT2D eigenvalue weighted by molar-refractivity contribution is 0.143. The predicted octanol–water partition coefficient (Wildman–Crippen LogP) is 3.52. The van der Waals surface area contributed by atoms with Gasteiger partial charge >= 0.3 is 0 Å². The number of hydrogen-bond acceptors (Lipinski definition) is 1. The highest BCUT2D eigenvalue weighted by molar-refractivity contribution is 5.85. The maximum Gasteiger partial charge on any atom is 0.0181 e. The van der Waals surface area contributed by atoms with E-state index < -0.39 is 0 Å². The fourth-order valence-corrected chi connectivity index (χ4v) is 3.17. The predicted molar refractivity (Wildman–Crippen MR) is 64.1 cm³/mol. The van der Waals surface area contributed by atoms with Crippen molar-refractivity contribution in [3.8, 4) is 0 Å². The highest BCUT2D eigenvalue weighted by Gasteiger charge is 2.35. The first kappa shape index (κ1) is 12.3. The second kappa shape index (κ2) is 5.37. The Bertz CT molecular complexity index is 158. The SMILES string of the molecule is CC1(C2CCCCC2)CCCCN1.Cl. The zero-order valence-electron chi connectivity index (χ0n) is 9.35. The van der Waals surface area contributed by atoms with Gasteiger partial charge in [0.1, 0.15) is 0 Å². The van der Waals surface area contributed by atoms with Crippen LogP contribution < -0.4 is 5.32 Å². The molecule has 1 atom stereocenters. The molecule has 0 aromatic carbocycles. The Labute approximate surface area is 94.4 Å². The number of hydrogen-bond donors (Lipinski definition) is 1. The molecule has 1 saturated heterocycles. The summed E-state index contributed by atoms with van der Waals surface area (Å²) in [5.41, 5.74) is 0.499. The Morgan fingerprint density at radius 1 is 1.00 bits per heavy atom. The third-order valence-electron chi connectivity index (χ3n) is 4.16. The van der Waals surface area contributed by atoms with E-state index in [0.29, 0.717) is 5.54 Å². The molecule has 1 aliphatic carbocycles. The molecule has 1 saturated carbocycles. The van der Waals surface area contributed by atoms with Gasteiger partial charge in [-0.05, 0) is 45.1 Å². The minimum absolute atomic E-state index is 0. The Morgan fingerprint density at radius 3 is 2.29 bits per heavy atom. The van der Waals surface area contributed by atoms with Crippen LogP contribution >= 0.6 is 12.4 Å². The molecule has 1 heterocycles. The molecule has 1 nitrogen and oxygen atoms in total. The van der Waals surface area contributed by atoms with E-state index >= 15 is 0 Å². The first-order valence-electron chi connectivity index (χ1n) is 6.06. The van der Waals surface area contributed by atoms with Crippen LogP contribution in [0.15, 0.2) is 0 Å². The smallest absolute Gasteiger partial charge is 0.0181 e. The normalized spacial score (nSPS) is 34.9. The fourth-order valence-electron chi connectivity index (χ4n) is 3.17. The molecule has 1 N–H and O–H groups in total. The molecular weight excluding hydrogens is 194 g/mol. The zero-order chi connectivity index (χ0) is 9.15. The van der Waals surface area contributed by atoms with Crippen LogP contribution in [0, 0.1) is 5.92 Å². The summed E-state index contributed by atoms with van der Waals surface area (Å²) >= 11 is 0. The molecule has 2 rings (SSSR count).